The molecule has 0 aliphatic rings. The molecule has 0 aliphatic heterocycles. The van der Waals surface area contributed by atoms with Crippen LogP contribution in [0.3, 0.4) is 0 Å². The number of halogens is 1. The van der Waals surface area contributed by atoms with E-state index in [9.17, 15) is 0 Å². The summed E-state index contributed by atoms with van der Waals surface area (Å²) in [5.74, 6) is 0. The van der Waals surface area contributed by atoms with Crippen molar-refractivity contribution < 1.29 is 0 Å². The molecule has 0 bridgehead atoms. The fraction of sp³-hybridized carbons (Fsp3) is 0. The van der Waals surface area contributed by atoms with Crippen LogP contribution in [-0.2, 0) is 0 Å². The van der Waals surface area contributed by atoms with Gasteiger partial charge in [-0.25, -0.2) is 4.98 Å². The van der Waals surface area contributed by atoms with Crippen LogP contribution in [0.4, 0.5) is 5.69 Å². The number of nitrogens with two attached hydrogens (primary N) is 1. The largest absolute Gasteiger partial charge is 0.399 e. The van der Waals surface area contributed by atoms with Gasteiger partial charge in [-0.2, -0.15) is 5.26 Å². The summed E-state index contributed by atoms with van der Waals surface area (Å²) in [7, 11) is 0. The van der Waals surface area contributed by atoms with Gasteiger partial charge in [0.25, 0.3) is 0 Å². The van der Waals surface area contributed by atoms with Crippen molar-refractivity contribution in [2.24, 2.45) is 0 Å². The van der Waals surface area contributed by atoms with Gasteiger partial charge in [0.1, 0.15) is 16.4 Å². The highest BCUT2D eigenvalue weighted by molar-refractivity contribution is 9.10. The van der Waals surface area contributed by atoms with E-state index in [4.69, 9.17) is 11.0 Å². The Hall–Kier alpha value is -1.08. The van der Waals surface area contributed by atoms with Crippen molar-refractivity contribution in [3.8, 4) is 6.07 Å². The minimum atomic E-state index is 0.326. The lowest BCUT2D eigenvalue weighted by atomic mass is 10.3. The minimum Gasteiger partial charge on any atom is -0.399 e. The van der Waals surface area contributed by atoms with Gasteiger partial charge in [-0.1, -0.05) is 0 Å². The topological polar surface area (TPSA) is 62.7 Å². The summed E-state index contributed by atoms with van der Waals surface area (Å²) >= 11 is 3.11. The van der Waals surface area contributed by atoms with Gasteiger partial charge in [-0.3, -0.25) is 0 Å². The number of hydrogen-bond donors (Lipinski definition) is 1. The van der Waals surface area contributed by atoms with E-state index in [2.05, 4.69) is 20.9 Å². The van der Waals surface area contributed by atoms with Crippen molar-refractivity contribution in [2.75, 3.05) is 5.73 Å². The highest BCUT2D eigenvalue weighted by atomic mass is 79.9. The van der Waals surface area contributed by atoms with Crippen molar-refractivity contribution in [1.29, 1.82) is 5.26 Å². The van der Waals surface area contributed by atoms with Crippen LogP contribution in [0.15, 0.2) is 16.7 Å². The molecule has 4 heteroatoms. The molecule has 0 amide bonds. The van der Waals surface area contributed by atoms with Gasteiger partial charge in [0.15, 0.2) is 0 Å². The Bertz CT molecular complexity index is 269. The molecular formula is C6H4BrN3. The number of nitrogen functional groups attached to an aromatic ring is 1. The summed E-state index contributed by atoms with van der Waals surface area (Å²) in [4.78, 5) is 3.83. The lowest BCUT2D eigenvalue weighted by Gasteiger charge is -1.93. The highest BCUT2D eigenvalue weighted by Gasteiger charge is 1.95. The predicted molar refractivity (Wildman–Crippen MR) is 41.1 cm³/mol. The SMILES string of the molecule is N#Cc1cc(N)cc(Br)n1. The molecule has 0 radical (unpaired) electrons. The number of rotatable bonds is 0. The first-order chi connectivity index (χ1) is 4.72. The van der Waals surface area contributed by atoms with Crippen molar-refractivity contribution in [1.82, 2.24) is 4.98 Å². The van der Waals surface area contributed by atoms with Crippen molar-refractivity contribution >= 4 is 21.6 Å². The van der Waals surface area contributed by atoms with E-state index in [0.29, 0.717) is 16.0 Å². The molecule has 1 rings (SSSR count). The normalized spacial score (nSPS) is 8.80. The Morgan fingerprint density at radius 1 is 1.60 bits per heavy atom. The Labute approximate surface area is 66.6 Å². The van der Waals surface area contributed by atoms with Gasteiger partial charge in [-0.05, 0) is 28.1 Å². The summed E-state index contributed by atoms with van der Waals surface area (Å²) in [5.41, 5.74) is 6.28. The van der Waals surface area contributed by atoms with E-state index in [1.165, 1.54) is 6.07 Å². The molecule has 0 unspecified atom stereocenters. The summed E-state index contributed by atoms with van der Waals surface area (Å²) in [6.45, 7) is 0. The Balaban J connectivity index is 3.22. The van der Waals surface area contributed by atoms with Gasteiger partial charge < -0.3 is 5.73 Å². The van der Waals surface area contributed by atoms with E-state index >= 15 is 0 Å². The highest BCUT2D eigenvalue weighted by Crippen LogP contribution is 2.11. The Morgan fingerprint density at radius 3 is 2.80 bits per heavy atom. The molecule has 0 spiro atoms. The molecule has 0 aliphatic carbocycles. The molecule has 0 fully saturated rings. The number of anilines is 1. The zero-order valence-corrected chi connectivity index (χ0v) is 6.59. The number of pyridine rings is 1. The molecule has 1 aromatic rings. The number of hydrogen-bond acceptors (Lipinski definition) is 3. The lowest BCUT2D eigenvalue weighted by molar-refractivity contribution is 1.23. The minimum absolute atomic E-state index is 0.326. The van der Waals surface area contributed by atoms with E-state index < -0.39 is 0 Å². The summed E-state index contributed by atoms with van der Waals surface area (Å²) in [5, 5.41) is 8.40. The van der Waals surface area contributed by atoms with Crippen molar-refractivity contribution in [2.45, 2.75) is 0 Å². The van der Waals surface area contributed by atoms with E-state index in [1.54, 1.807) is 6.07 Å². The molecule has 0 aromatic carbocycles. The molecule has 1 heterocycles. The quantitative estimate of drug-likeness (QED) is 0.639. The zero-order valence-electron chi connectivity index (χ0n) is 5.00. The maximum Gasteiger partial charge on any atom is 0.143 e. The molecule has 0 atom stereocenters. The van der Waals surface area contributed by atoms with Crippen LogP contribution in [0.25, 0.3) is 0 Å². The first-order valence-electron chi connectivity index (χ1n) is 2.55. The fourth-order valence-electron chi connectivity index (χ4n) is 0.574. The molecule has 50 valence electrons. The number of nitrogens with zero attached hydrogens (tertiary/aromatic N) is 2. The van der Waals surface area contributed by atoms with Crippen LogP contribution in [0.1, 0.15) is 5.69 Å². The Kier molecular flexibility index (Phi) is 1.88. The monoisotopic (exact) mass is 197 g/mol. The molecule has 0 saturated heterocycles. The van der Waals surface area contributed by atoms with Crippen LogP contribution < -0.4 is 5.73 Å². The van der Waals surface area contributed by atoms with Crippen molar-refractivity contribution in [3.63, 3.8) is 0 Å². The second kappa shape index (κ2) is 2.67. The van der Waals surface area contributed by atoms with E-state index in [0.717, 1.165) is 0 Å². The molecule has 10 heavy (non-hydrogen) atoms. The maximum atomic E-state index is 8.40. The molecule has 3 nitrogen and oxygen atoms in total. The van der Waals surface area contributed by atoms with E-state index in [1.807, 2.05) is 6.07 Å². The van der Waals surface area contributed by atoms with Gasteiger partial charge in [0, 0.05) is 5.69 Å². The number of aromatic nitrogens is 1. The molecule has 2 N–H and O–H groups in total. The van der Waals surface area contributed by atoms with Crippen LogP contribution >= 0.6 is 15.9 Å². The predicted octanol–water partition coefficient (Wildman–Crippen LogP) is 1.30. The number of nitriles is 1. The second-order valence-corrected chi connectivity index (χ2v) is 2.53. The van der Waals surface area contributed by atoms with Gasteiger partial charge in [-0.15, -0.1) is 0 Å². The first kappa shape index (κ1) is 7.03. The molecule has 0 saturated carbocycles. The molecule has 1 aromatic heterocycles. The van der Waals surface area contributed by atoms with E-state index in [-0.39, 0.29) is 0 Å². The fourth-order valence-corrected chi connectivity index (χ4v) is 1.03. The average molecular weight is 198 g/mol. The van der Waals surface area contributed by atoms with Crippen molar-refractivity contribution in [3.05, 3.63) is 22.4 Å². The summed E-state index contributed by atoms with van der Waals surface area (Å²) < 4.78 is 0.587. The third-order valence-corrected chi connectivity index (χ3v) is 1.34. The summed E-state index contributed by atoms with van der Waals surface area (Å²) in [6, 6.07) is 5.05. The van der Waals surface area contributed by atoms with Gasteiger partial charge in [0.05, 0.1) is 0 Å². The molecular weight excluding hydrogens is 194 g/mol. The van der Waals surface area contributed by atoms with Gasteiger partial charge in [0.2, 0.25) is 0 Å². The third-order valence-electron chi connectivity index (χ3n) is 0.931. The third kappa shape index (κ3) is 1.45. The maximum absolute atomic E-state index is 8.40. The average Bonchev–Trinajstić information content (AvgIpc) is 1.85. The summed E-state index contributed by atoms with van der Waals surface area (Å²) in [6.07, 6.45) is 0. The van der Waals surface area contributed by atoms with Gasteiger partial charge >= 0.3 is 0 Å². The van der Waals surface area contributed by atoms with Crippen LogP contribution in [0.5, 0.6) is 0 Å². The first-order valence-corrected chi connectivity index (χ1v) is 3.35. The Morgan fingerprint density at radius 2 is 2.30 bits per heavy atom. The van der Waals surface area contributed by atoms with Crippen LogP contribution in [0, 0.1) is 11.3 Å². The van der Waals surface area contributed by atoms with Crippen LogP contribution in [-0.4, -0.2) is 4.98 Å². The zero-order chi connectivity index (χ0) is 7.56. The lowest BCUT2D eigenvalue weighted by Crippen LogP contribution is -1.89. The second-order valence-electron chi connectivity index (χ2n) is 1.72. The standard InChI is InChI=1S/C6H4BrN3/c7-6-2-4(9)1-5(3-8)10-6/h1-2H,(H2,9,10). The smallest absolute Gasteiger partial charge is 0.143 e. The van der Waals surface area contributed by atoms with Crippen LogP contribution in [0.2, 0.25) is 0 Å².